The van der Waals surface area contributed by atoms with Gasteiger partial charge in [0, 0.05) is 25.5 Å². The van der Waals surface area contributed by atoms with Gasteiger partial charge in [0.25, 0.3) is 15.9 Å². The van der Waals surface area contributed by atoms with E-state index in [1.807, 2.05) is 0 Å². The first-order valence-electron chi connectivity index (χ1n) is 12.1. The molecule has 0 aliphatic carbocycles. The number of imide groups is 1. The molecule has 1 aromatic heterocycles. The summed E-state index contributed by atoms with van der Waals surface area (Å²) in [6, 6.07) is 4.48. The summed E-state index contributed by atoms with van der Waals surface area (Å²) >= 11 is 0. The predicted octanol–water partition coefficient (Wildman–Crippen LogP) is 1.47. The summed E-state index contributed by atoms with van der Waals surface area (Å²) in [4.78, 5) is 37.2. The van der Waals surface area contributed by atoms with Gasteiger partial charge in [0.15, 0.2) is 6.61 Å². The number of hydrogen-bond acceptors (Lipinski definition) is 10. The van der Waals surface area contributed by atoms with E-state index in [2.05, 4.69) is 10.4 Å². The molecule has 2 aromatic rings. The number of nitrogens with zero attached hydrogens (tertiary/aromatic N) is 4. The molecule has 0 radical (unpaired) electrons. The summed E-state index contributed by atoms with van der Waals surface area (Å²) in [5.74, 6) is -0.356. The molecule has 3 aliphatic rings. The molecule has 0 saturated carbocycles. The summed E-state index contributed by atoms with van der Waals surface area (Å²) in [7, 11) is -2.54. The Morgan fingerprint density at radius 1 is 1.24 bits per heavy atom. The second kappa shape index (κ2) is 10.5. The van der Waals surface area contributed by atoms with Crippen LogP contribution in [0.25, 0.3) is 0 Å². The number of nitrogens with one attached hydrogen (secondary N) is 1. The van der Waals surface area contributed by atoms with Crippen molar-refractivity contribution in [2.75, 3.05) is 42.5 Å². The topological polar surface area (TPSA) is 159 Å². The van der Waals surface area contributed by atoms with Crippen LogP contribution in [0.15, 0.2) is 35.5 Å². The SMILES string of the molecule is Cn1cc(S(=O)(=O)N2C[C@H](CN3C(=O)COC3=O)Oc3ccc(NC(=O)OCC4CCCCO4)cc32)cn1. The van der Waals surface area contributed by atoms with Gasteiger partial charge in [0.2, 0.25) is 0 Å². The minimum absolute atomic E-state index is 0.0616. The van der Waals surface area contributed by atoms with Crippen LogP contribution in [0.4, 0.5) is 21.0 Å². The second-order valence-electron chi connectivity index (χ2n) is 9.08. The lowest BCUT2D eigenvalue weighted by Gasteiger charge is -2.36. The van der Waals surface area contributed by atoms with Gasteiger partial charge in [-0.2, -0.15) is 5.10 Å². The van der Waals surface area contributed by atoms with Gasteiger partial charge in [0.05, 0.1) is 31.1 Å². The number of aromatic nitrogens is 2. The van der Waals surface area contributed by atoms with Gasteiger partial charge in [-0.1, -0.05) is 0 Å². The second-order valence-corrected chi connectivity index (χ2v) is 10.9. The molecule has 2 saturated heterocycles. The van der Waals surface area contributed by atoms with Crippen molar-refractivity contribution in [2.45, 2.75) is 36.4 Å². The van der Waals surface area contributed by atoms with E-state index in [0.29, 0.717) is 6.61 Å². The van der Waals surface area contributed by atoms with Gasteiger partial charge < -0.3 is 18.9 Å². The third kappa shape index (κ3) is 5.38. The third-order valence-corrected chi connectivity index (χ3v) is 8.04. The van der Waals surface area contributed by atoms with E-state index in [1.165, 1.54) is 35.3 Å². The van der Waals surface area contributed by atoms with Crippen molar-refractivity contribution in [1.82, 2.24) is 14.7 Å². The molecule has 1 N–H and O–H groups in total. The number of cyclic esters (lactones) is 1. The van der Waals surface area contributed by atoms with E-state index in [4.69, 9.17) is 18.9 Å². The van der Waals surface area contributed by atoms with Crippen LogP contribution in [-0.4, -0.2) is 86.3 Å². The number of anilines is 2. The number of aryl methyl sites for hydroxylation is 1. The summed E-state index contributed by atoms with van der Waals surface area (Å²) in [5, 5.41) is 6.56. The average Bonchev–Trinajstić information content (AvgIpc) is 3.49. The first-order valence-corrected chi connectivity index (χ1v) is 13.5. The number of ether oxygens (including phenoxy) is 4. The van der Waals surface area contributed by atoms with Crippen LogP contribution in [-0.2, 0) is 36.1 Å². The van der Waals surface area contributed by atoms with Crippen molar-refractivity contribution in [3.8, 4) is 5.75 Å². The van der Waals surface area contributed by atoms with Crippen molar-refractivity contribution in [1.29, 1.82) is 0 Å². The van der Waals surface area contributed by atoms with Crippen LogP contribution in [0, 0.1) is 0 Å². The largest absolute Gasteiger partial charge is 0.484 e. The van der Waals surface area contributed by atoms with E-state index in [-0.39, 0.29) is 54.4 Å². The maximum absolute atomic E-state index is 13.6. The standard InChI is InChI=1S/C23H27N5O9S/c1-26-12-18(9-24-26)38(32,33)28-11-17(10-27-21(29)14-36-23(27)31)37-20-6-5-15(8-19(20)28)25-22(30)35-13-16-4-2-3-7-34-16/h5-6,8-9,12,16-17H,2-4,7,10-11,13-14H2,1H3,(H,25,30)/t16?,17-/m0/s1. The molecule has 14 nitrogen and oxygen atoms in total. The molecule has 5 rings (SSSR count). The van der Waals surface area contributed by atoms with Gasteiger partial charge in [-0.05, 0) is 37.5 Å². The molecule has 0 bridgehead atoms. The van der Waals surface area contributed by atoms with Crippen LogP contribution in [0.5, 0.6) is 5.75 Å². The first-order chi connectivity index (χ1) is 18.2. The zero-order valence-electron chi connectivity index (χ0n) is 20.6. The van der Waals surface area contributed by atoms with Crippen LogP contribution < -0.4 is 14.4 Å². The minimum Gasteiger partial charge on any atom is -0.484 e. The lowest BCUT2D eigenvalue weighted by Crippen LogP contribution is -2.49. The maximum Gasteiger partial charge on any atom is 0.417 e. The smallest absolute Gasteiger partial charge is 0.417 e. The fraction of sp³-hybridized carbons (Fsp3) is 0.478. The number of fused-ring (bicyclic) bond motifs is 1. The number of amides is 3. The lowest BCUT2D eigenvalue weighted by molar-refractivity contribution is -0.126. The van der Waals surface area contributed by atoms with Crippen LogP contribution >= 0.6 is 0 Å². The Balaban J connectivity index is 1.37. The molecule has 3 aliphatic heterocycles. The number of hydrogen-bond donors (Lipinski definition) is 1. The van der Waals surface area contributed by atoms with E-state index < -0.39 is 34.2 Å². The maximum atomic E-state index is 13.6. The highest BCUT2D eigenvalue weighted by Crippen LogP contribution is 2.39. The highest BCUT2D eigenvalue weighted by atomic mass is 32.2. The summed E-state index contributed by atoms with van der Waals surface area (Å²) in [6.45, 7) is -0.0473. The molecule has 2 fully saturated rings. The number of benzene rings is 1. The molecule has 1 unspecified atom stereocenters. The fourth-order valence-electron chi connectivity index (χ4n) is 4.39. The average molecular weight is 550 g/mol. The quantitative estimate of drug-likeness (QED) is 0.536. The Morgan fingerprint density at radius 3 is 2.76 bits per heavy atom. The molecule has 1 aromatic carbocycles. The molecule has 2 atom stereocenters. The number of carbonyl (C=O) groups excluding carboxylic acids is 3. The Labute approximate surface area is 218 Å². The molecule has 4 heterocycles. The molecule has 204 valence electrons. The summed E-state index contributed by atoms with van der Waals surface area (Å²) < 4.78 is 51.2. The van der Waals surface area contributed by atoms with E-state index >= 15 is 0 Å². The monoisotopic (exact) mass is 549 g/mol. The number of sulfonamides is 1. The minimum atomic E-state index is -4.13. The highest BCUT2D eigenvalue weighted by Gasteiger charge is 2.40. The van der Waals surface area contributed by atoms with Gasteiger partial charge in [-0.25, -0.2) is 22.9 Å². The van der Waals surface area contributed by atoms with Crippen LogP contribution in [0.1, 0.15) is 19.3 Å². The van der Waals surface area contributed by atoms with Gasteiger partial charge in [-0.3, -0.25) is 19.1 Å². The fourth-order valence-corrected chi connectivity index (χ4v) is 5.88. The Kier molecular flexibility index (Phi) is 7.12. The van der Waals surface area contributed by atoms with Crippen molar-refractivity contribution in [2.24, 2.45) is 7.05 Å². The Bertz CT molecular complexity index is 1320. The number of carbonyl (C=O) groups is 3. The Morgan fingerprint density at radius 2 is 2.08 bits per heavy atom. The molecular weight excluding hydrogens is 522 g/mol. The van der Waals surface area contributed by atoms with Crippen molar-refractivity contribution < 1.29 is 41.7 Å². The molecule has 38 heavy (non-hydrogen) atoms. The normalized spacial score (nSPS) is 21.5. The molecule has 15 heteroatoms. The zero-order chi connectivity index (χ0) is 26.9. The van der Waals surface area contributed by atoms with E-state index in [1.54, 1.807) is 7.05 Å². The van der Waals surface area contributed by atoms with E-state index in [0.717, 1.165) is 28.5 Å². The highest BCUT2D eigenvalue weighted by molar-refractivity contribution is 7.92. The van der Waals surface area contributed by atoms with Crippen LogP contribution in [0.2, 0.25) is 0 Å². The third-order valence-electron chi connectivity index (χ3n) is 6.31. The first kappa shape index (κ1) is 25.8. The summed E-state index contributed by atoms with van der Waals surface area (Å²) in [6.07, 6.45) is 2.83. The summed E-state index contributed by atoms with van der Waals surface area (Å²) in [5.41, 5.74) is 0.443. The lowest BCUT2D eigenvalue weighted by atomic mass is 10.1. The van der Waals surface area contributed by atoms with Crippen molar-refractivity contribution in [3.63, 3.8) is 0 Å². The molecule has 3 amide bonds. The van der Waals surface area contributed by atoms with Crippen molar-refractivity contribution in [3.05, 3.63) is 30.6 Å². The van der Waals surface area contributed by atoms with E-state index in [9.17, 15) is 22.8 Å². The number of rotatable bonds is 7. The molecule has 0 spiro atoms. The zero-order valence-corrected chi connectivity index (χ0v) is 21.4. The Hall–Kier alpha value is -3.85. The van der Waals surface area contributed by atoms with Gasteiger partial charge in [0.1, 0.15) is 23.4 Å². The van der Waals surface area contributed by atoms with Crippen molar-refractivity contribution >= 4 is 39.5 Å². The van der Waals surface area contributed by atoms with Crippen LogP contribution in [0.3, 0.4) is 0 Å². The van der Waals surface area contributed by atoms with Gasteiger partial charge >= 0.3 is 12.2 Å². The van der Waals surface area contributed by atoms with Gasteiger partial charge in [-0.15, -0.1) is 0 Å². The molecular formula is C23H27N5O9S. The predicted molar refractivity (Wildman–Crippen MR) is 130 cm³/mol.